The second-order valence-electron chi connectivity index (χ2n) is 7.54. The summed E-state index contributed by atoms with van der Waals surface area (Å²) in [5.41, 5.74) is 0.253. The third kappa shape index (κ3) is 2.66. The van der Waals surface area contributed by atoms with E-state index in [1.54, 1.807) is 6.07 Å². The zero-order valence-electron chi connectivity index (χ0n) is 16.5. The molecule has 1 aliphatic rings. The molecule has 0 fully saturated rings. The SMILES string of the molecule is CCC1(CC)c2ccccc2-c2c(OSC(F)(F)F)cc3oc4ccccc4c3c21. The smallest absolute Gasteiger partial charge is 0.456 e. The van der Waals surface area contributed by atoms with Crippen LogP contribution in [0.4, 0.5) is 13.2 Å². The van der Waals surface area contributed by atoms with E-state index in [4.69, 9.17) is 8.60 Å². The molecular formula is C24H19F3O2S. The second-order valence-corrected chi connectivity index (χ2v) is 8.34. The summed E-state index contributed by atoms with van der Waals surface area (Å²) in [6, 6.07) is 17.3. The maximum Gasteiger partial charge on any atom is 0.479 e. The number of halogens is 3. The van der Waals surface area contributed by atoms with Crippen LogP contribution in [0, 0.1) is 0 Å². The predicted octanol–water partition coefficient (Wildman–Crippen LogP) is 8.22. The molecule has 2 nitrogen and oxygen atoms in total. The Kier molecular flexibility index (Phi) is 4.33. The van der Waals surface area contributed by atoms with Crippen molar-refractivity contribution in [1.29, 1.82) is 0 Å². The molecule has 0 amide bonds. The summed E-state index contributed by atoms with van der Waals surface area (Å²) in [5.74, 6) is 0.190. The van der Waals surface area contributed by atoms with E-state index < -0.39 is 17.6 Å². The molecule has 6 heteroatoms. The molecule has 0 atom stereocenters. The lowest BCUT2D eigenvalue weighted by Gasteiger charge is -2.30. The minimum Gasteiger partial charge on any atom is -0.456 e. The van der Waals surface area contributed by atoms with Crippen LogP contribution in [0.2, 0.25) is 0 Å². The van der Waals surface area contributed by atoms with E-state index in [-0.39, 0.29) is 11.2 Å². The number of fused-ring (bicyclic) bond motifs is 7. The number of furan rings is 1. The molecule has 4 aromatic rings. The zero-order valence-corrected chi connectivity index (χ0v) is 17.3. The van der Waals surface area contributed by atoms with Gasteiger partial charge >= 0.3 is 5.51 Å². The van der Waals surface area contributed by atoms with Crippen LogP contribution < -0.4 is 4.18 Å². The molecule has 3 aromatic carbocycles. The highest BCUT2D eigenvalue weighted by Crippen LogP contribution is 2.59. The van der Waals surface area contributed by atoms with Gasteiger partial charge in [0.15, 0.2) is 12.0 Å². The van der Waals surface area contributed by atoms with Gasteiger partial charge in [-0.2, -0.15) is 13.2 Å². The number of alkyl halides is 3. The van der Waals surface area contributed by atoms with Crippen molar-refractivity contribution < 1.29 is 21.8 Å². The van der Waals surface area contributed by atoms with Gasteiger partial charge in [0, 0.05) is 27.8 Å². The van der Waals surface area contributed by atoms with Crippen LogP contribution in [0.1, 0.15) is 37.8 Å². The van der Waals surface area contributed by atoms with Crippen LogP contribution in [0.25, 0.3) is 33.1 Å². The highest BCUT2D eigenvalue weighted by atomic mass is 32.2. The fourth-order valence-corrected chi connectivity index (χ4v) is 5.32. The largest absolute Gasteiger partial charge is 0.479 e. The normalized spacial score (nSPS) is 14.8. The van der Waals surface area contributed by atoms with Gasteiger partial charge < -0.3 is 8.60 Å². The summed E-state index contributed by atoms with van der Waals surface area (Å²) >= 11 is -0.484. The van der Waals surface area contributed by atoms with Crippen molar-refractivity contribution in [1.82, 2.24) is 0 Å². The average Bonchev–Trinajstić information content (AvgIpc) is 3.24. The molecule has 0 N–H and O–H groups in total. The van der Waals surface area contributed by atoms with E-state index in [0.29, 0.717) is 11.2 Å². The van der Waals surface area contributed by atoms with E-state index in [1.165, 1.54) is 0 Å². The van der Waals surface area contributed by atoms with Gasteiger partial charge in [0.1, 0.15) is 16.9 Å². The van der Waals surface area contributed by atoms with E-state index in [9.17, 15) is 13.2 Å². The highest BCUT2D eigenvalue weighted by molar-refractivity contribution is 7.95. The summed E-state index contributed by atoms with van der Waals surface area (Å²) in [6.07, 6.45) is 1.63. The van der Waals surface area contributed by atoms with E-state index in [0.717, 1.165) is 45.9 Å². The van der Waals surface area contributed by atoms with Crippen LogP contribution in [0.3, 0.4) is 0 Å². The van der Waals surface area contributed by atoms with Crippen LogP contribution in [-0.2, 0) is 5.41 Å². The standard InChI is InChI=1S/C24H19F3O2S/c1-3-23(4-2)16-11-7-5-9-14(16)20-19(29-30-24(25,26)27)13-18-21(22(20)23)15-10-6-8-12-17(15)28-18/h5-13H,3-4H2,1-2H3. The predicted molar refractivity (Wildman–Crippen MR) is 115 cm³/mol. The van der Waals surface area contributed by atoms with Gasteiger partial charge in [-0.3, -0.25) is 0 Å². The maximum absolute atomic E-state index is 13.0. The van der Waals surface area contributed by atoms with Crippen LogP contribution >= 0.6 is 12.0 Å². The Balaban J connectivity index is 1.92. The van der Waals surface area contributed by atoms with Gasteiger partial charge in [-0.15, -0.1) is 0 Å². The average molecular weight is 428 g/mol. The molecule has 0 bridgehead atoms. The number of para-hydroxylation sites is 1. The Labute approximate surface area is 176 Å². The van der Waals surface area contributed by atoms with Crippen molar-refractivity contribution in [2.24, 2.45) is 0 Å². The number of benzene rings is 3. The lowest BCUT2D eigenvalue weighted by atomic mass is 9.72. The van der Waals surface area contributed by atoms with Gasteiger partial charge in [-0.25, -0.2) is 0 Å². The fraction of sp³-hybridized carbons (Fsp3) is 0.250. The van der Waals surface area contributed by atoms with Crippen molar-refractivity contribution in [3.8, 4) is 16.9 Å². The Morgan fingerprint density at radius 1 is 0.967 bits per heavy atom. The summed E-state index contributed by atoms with van der Waals surface area (Å²) in [6.45, 7) is 4.25. The quantitative estimate of drug-likeness (QED) is 0.306. The molecule has 30 heavy (non-hydrogen) atoms. The highest BCUT2D eigenvalue weighted by Gasteiger charge is 2.45. The zero-order chi connectivity index (χ0) is 21.1. The number of hydrogen-bond acceptors (Lipinski definition) is 3. The first-order valence-corrected chi connectivity index (χ1v) is 10.6. The third-order valence-electron chi connectivity index (χ3n) is 6.25. The van der Waals surface area contributed by atoms with Crippen molar-refractivity contribution in [2.45, 2.75) is 37.6 Å². The lowest BCUT2D eigenvalue weighted by molar-refractivity contribution is -0.0369. The summed E-state index contributed by atoms with van der Waals surface area (Å²) < 4.78 is 50.3. The van der Waals surface area contributed by atoms with Gasteiger partial charge in [0.05, 0.1) is 0 Å². The minimum absolute atomic E-state index is 0.190. The Bertz CT molecular complexity index is 1270. The molecule has 0 saturated heterocycles. The van der Waals surface area contributed by atoms with Crippen molar-refractivity contribution in [3.05, 3.63) is 65.7 Å². The molecule has 0 unspecified atom stereocenters. The van der Waals surface area contributed by atoms with Gasteiger partial charge in [0.2, 0.25) is 0 Å². The summed E-state index contributed by atoms with van der Waals surface area (Å²) in [4.78, 5) is 0. The Morgan fingerprint density at radius 3 is 2.40 bits per heavy atom. The van der Waals surface area contributed by atoms with Crippen LogP contribution in [-0.4, -0.2) is 5.51 Å². The molecular weight excluding hydrogens is 409 g/mol. The Morgan fingerprint density at radius 2 is 1.67 bits per heavy atom. The number of hydrogen-bond donors (Lipinski definition) is 0. The molecule has 154 valence electrons. The first kappa shape index (κ1) is 19.4. The van der Waals surface area contributed by atoms with E-state index in [1.807, 2.05) is 42.5 Å². The first-order chi connectivity index (χ1) is 14.4. The minimum atomic E-state index is -4.50. The molecule has 1 heterocycles. The third-order valence-corrected chi connectivity index (χ3v) is 6.71. The molecule has 0 saturated carbocycles. The van der Waals surface area contributed by atoms with E-state index >= 15 is 0 Å². The fourth-order valence-electron chi connectivity index (χ4n) is 5.00. The molecule has 0 spiro atoms. The molecule has 0 aliphatic heterocycles. The first-order valence-electron chi connectivity index (χ1n) is 9.90. The van der Waals surface area contributed by atoms with Crippen molar-refractivity contribution >= 4 is 34.0 Å². The van der Waals surface area contributed by atoms with Crippen molar-refractivity contribution in [3.63, 3.8) is 0 Å². The lowest BCUT2D eigenvalue weighted by Crippen LogP contribution is -2.23. The van der Waals surface area contributed by atoms with Crippen molar-refractivity contribution in [2.75, 3.05) is 0 Å². The van der Waals surface area contributed by atoms with Gasteiger partial charge in [0.25, 0.3) is 0 Å². The topological polar surface area (TPSA) is 22.4 Å². The Hall–Kier alpha value is -2.60. The summed E-state index contributed by atoms with van der Waals surface area (Å²) in [5, 5.41) is 1.93. The van der Waals surface area contributed by atoms with E-state index in [2.05, 4.69) is 19.9 Å². The van der Waals surface area contributed by atoms with Crippen LogP contribution in [0.15, 0.2) is 59.0 Å². The molecule has 1 aliphatic carbocycles. The maximum atomic E-state index is 13.0. The molecule has 1 aromatic heterocycles. The van der Waals surface area contributed by atoms with Gasteiger partial charge in [-0.05, 0) is 35.6 Å². The number of rotatable bonds is 4. The van der Waals surface area contributed by atoms with Gasteiger partial charge in [-0.1, -0.05) is 56.3 Å². The molecule has 5 rings (SSSR count). The monoisotopic (exact) mass is 428 g/mol. The molecule has 0 radical (unpaired) electrons. The van der Waals surface area contributed by atoms with Crippen LogP contribution in [0.5, 0.6) is 5.75 Å². The summed E-state index contributed by atoms with van der Waals surface area (Å²) in [7, 11) is 0. The second kappa shape index (κ2) is 6.71.